The molecule has 0 aliphatic heterocycles. The van der Waals surface area contributed by atoms with Crippen LogP contribution >= 0.6 is 11.8 Å². The van der Waals surface area contributed by atoms with E-state index in [2.05, 4.69) is 15.6 Å². The summed E-state index contributed by atoms with van der Waals surface area (Å²) in [5, 5.41) is 5.28. The first-order valence-electron chi connectivity index (χ1n) is 8.84. The molecule has 2 aromatic heterocycles. The normalized spacial score (nSPS) is 11.4. The Bertz CT molecular complexity index is 1140. The fourth-order valence-corrected chi connectivity index (χ4v) is 3.37. The van der Waals surface area contributed by atoms with Gasteiger partial charge >= 0.3 is 11.5 Å². The van der Waals surface area contributed by atoms with Crippen LogP contribution in [0.25, 0.3) is 16.9 Å². The van der Waals surface area contributed by atoms with Crippen molar-refractivity contribution in [3.05, 3.63) is 79.1 Å². The van der Waals surface area contributed by atoms with E-state index >= 15 is 0 Å². The molecule has 0 spiro atoms. The number of thioether (sulfide) groups is 1. The van der Waals surface area contributed by atoms with Crippen molar-refractivity contribution in [2.24, 2.45) is 0 Å². The number of hydrogen-bond donors (Lipinski definition) is 2. The summed E-state index contributed by atoms with van der Waals surface area (Å²) in [6.45, 7) is 0. The van der Waals surface area contributed by atoms with Gasteiger partial charge in [0.1, 0.15) is 5.65 Å². The van der Waals surface area contributed by atoms with Crippen LogP contribution in [0.2, 0.25) is 0 Å². The first-order chi connectivity index (χ1) is 14.4. The molecule has 2 aromatic carbocycles. The van der Waals surface area contributed by atoms with Crippen molar-refractivity contribution in [1.82, 2.24) is 9.38 Å². The van der Waals surface area contributed by atoms with Crippen molar-refractivity contribution in [3.8, 4) is 11.3 Å². The third kappa shape index (κ3) is 4.93. The first-order valence-corrected chi connectivity index (χ1v) is 9.65. The van der Waals surface area contributed by atoms with E-state index in [1.165, 1.54) is 24.3 Å². The Hall–Kier alpha value is -3.46. The summed E-state index contributed by atoms with van der Waals surface area (Å²) in [4.78, 5) is 16.7. The van der Waals surface area contributed by atoms with Gasteiger partial charge in [0.2, 0.25) is 0 Å². The topological polar surface area (TPSA) is 58.4 Å². The van der Waals surface area contributed by atoms with Crippen molar-refractivity contribution in [3.63, 3.8) is 0 Å². The second-order valence-corrected chi connectivity index (χ2v) is 7.46. The van der Waals surface area contributed by atoms with Crippen LogP contribution in [0.4, 0.5) is 29.3 Å². The number of nitrogens with zero attached hydrogens (tertiary/aromatic N) is 2. The van der Waals surface area contributed by atoms with E-state index < -0.39 is 11.5 Å². The Kier molecular flexibility index (Phi) is 5.37. The molecular formula is C21H15F3N4OS. The predicted molar refractivity (Wildman–Crippen MR) is 112 cm³/mol. The number of urea groups is 1. The van der Waals surface area contributed by atoms with E-state index in [-0.39, 0.29) is 16.7 Å². The van der Waals surface area contributed by atoms with Gasteiger partial charge in [-0.3, -0.25) is 0 Å². The molecule has 9 heteroatoms. The van der Waals surface area contributed by atoms with E-state index in [0.29, 0.717) is 11.4 Å². The third-order valence-corrected chi connectivity index (χ3v) is 4.89. The summed E-state index contributed by atoms with van der Waals surface area (Å²) in [7, 11) is 0. The van der Waals surface area contributed by atoms with Gasteiger partial charge in [0.05, 0.1) is 5.69 Å². The molecule has 0 fully saturated rings. The van der Waals surface area contributed by atoms with Crippen molar-refractivity contribution in [2.45, 2.75) is 10.4 Å². The molecule has 0 atom stereocenters. The summed E-state index contributed by atoms with van der Waals surface area (Å²) < 4.78 is 39.0. The van der Waals surface area contributed by atoms with Gasteiger partial charge in [-0.15, -0.1) is 0 Å². The van der Waals surface area contributed by atoms with E-state index in [0.717, 1.165) is 16.9 Å². The Balaban J connectivity index is 1.37. The average Bonchev–Trinajstić information content (AvgIpc) is 3.13. The van der Waals surface area contributed by atoms with Crippen molar-refractivity contribution in [1.29, 1.82) is 0 Å². The zero-order valence-electron chi connectivity index (χ0n) is 15.4. The Labute approximate surface area is 173 Å². The zero-order valence-corrected chi connectivity index (χ0v) is 16.2. The minimum absolute atomic E-state index is 0.0518. The van der Waals surface area contributed by atoms with Crippen LogP contribution in [0.3, 0.4) is 0 Å². The van der Waals surface area contributed by atoms with Gasteiger partial charge in [-0.1, -0.05) is 18.2 Å². The minimum Gasteiger partial charge on any atom is -0.308 e. The number of imidazole rings is 1. The molecule has 0 aliphatic carbocycles. The summed E-state index contributed by atoms with van der Waals surface area (Å²) in [6, 6.07) is 17.9. The fraction of sp³-hybridized carbons (Fsp3) is 0.0476. The Morgan fingerprint density at radius 3 is 2.13 bits per heavy atom. The third-order valence-electron chi connectivity index (χ3n) is 4.15. The molecule has 2 heterocycles. The van der Waals surface area contributed by atoms with Gasteiger partial charge in [-0.2, -0.15) is 13.2 Å². The lowest BCUT2D eigenvalue weighted by molar-refractivity contribution is -0.0328. The van der Waals surface area contributed by atoms with Crippen molar-refractivity contribution in [2.75, 3.05) is 10.6 Å². The van der Waals surface area contributed by atoms with Crippen LogP contribution in [0.5, 0.6) is 0 Å². The highest BCUT2D eigenvalue weighted by atomic mass is 32.2. The number of halogens is 3. The monoisotopic (exact) mass is 428 g/mol. The maximum atomic E-state index is 12.4. The number of aromatic nitrogens is 2. The molecule has 0 aliphatic rings. The second-order valence-electron chi connectivity index (χ2n) is 6.32. The quantitative estimate of drug-likeness (QED) is 0.377. The maximum absolute atomic E-state index is 12.4. The number of carbonyl (C=O) groups is 1. The van der Waals surface area contributed by atoms with Gasteiger partial charge in [0.25, 0.3) is 0 Å². The number of rotatable bonds is 4. The lowest BCUT2D eigenvalue weighted by Gasteiger charge is -2.09. The Morgan fingerprint density at radius 2 is 1.53 bits per heavy atom. The highest BCUT2D eigenvalue weighted by Gasteiger charge is 2.29. The van der Waals surface area contributed by atoms with Gasteiger partial charge < -0.3 is 15.0 Å². The van der Waals surface area contributed by atoms with E-state index in [1.54, 1.807) is 12.1 Å². The van der Waals surface area contributed by atoms with Crippen LogP contribution in [-0.2, 0) is 0 Å². The molecule has 30 heavy (non-hydrogen) atoms. The zero-order chi connectivity index (χ0) is 21.1. The molecular weight excluding hydrogens is 413 g/mol. The number of pyridine rings is 1. The largest absolute Gasteiger partial charge is 0.446 e. The van der Waals surface area contributed by atoms with Crippen LogP contribution in [-0.4, -0.2) is 20.9 Å². The van der Waals surface area contributed by atoms with Crippen LogP contribution in [0, 0.1) is 0 Å². The number of alkyl halides is 3. The molecule has 0 saturated carbocycles. The first kappa shape index (κ1) is 19.8. The van der Waals surface area contributed by atoms with Crippen LogP contribution in [0.1, 0.15) is 0 Å². The smallest absolute Gasteiger partial charge is 0.308 e. The van der Waals surface area contributed by atoms with Gasteiger partial charge in [-0.05, 0) is 60.3 Å². The van der Waals surface area contributed by atoms with Gasteiger partial charge in [0, 0.05) is 34.2 Å². The lowest BCUT2D eigenvalue weighted by atomic mass is 10.1. The SMILES string of the molecule is O=C(Nc1ccc(SC(F)(F)F)cc1)Nc1ccc(-c2cn3ccccc3n2)cc1. The summed E-state index contributed by atoms with van der Waals surface area (Å²) in [6.07, 6.45) is 3.84. The molecule has 2 N–H and O–H groups in total. The summed E-state index contributed by atoms with van der Waals surface area (Å²) >= 11 is -0.203. The standard InChI is InChI=1S/C21H15F3N4OS/c22-21(23,24)30-17-10-8-16(9-11-17)26-20(29)25-15-6-4-14(5-7-15)18-13-28-12-2-1-3-19(28)27-18/h1-13H,(H2,25,26,29). The molecule has 0 unspecified atom stereocenters. The number of carbonyl (C=O) groups excluding carboxylic acids is 1. The van der Waals surface area contributed by atoms with Crippen LogP contribution < -0.4 is 10.6 Å². The number of anilines is 2. The molecule has 2 amide bonds. The maximum Gasteiger partial charge on any atom is 0.446 e. The summed E-state index contributed by atoms with van der Waals surface area (Å²) in [5.74, 6) is 0. The number of amides is 2. The fourth-order valence-electron chi connectivity index (χ4n) is 2.83. The molecule has 0 bridgehead atoms. The van der Waals surface area contributed by atoms with Gasteiger partial charge in [0.15, 0.2) is 0 Å². The molecule has 4 rings (SSSR count). The van der Waals surface area contributed by atoms with Crippen LogP contribution in [0.15, 0.2) is 84.0 Å². The molecule has 5 nitrogen and oxygen atoms in total. The molecule has 152 valence electrons. The lowest BCUT2D eigenvalue weighted by Crippen LogP contribution is -2.19. The molecule has 0 radical (unpaired) electrons. The van der Waals surface area contributed by atoms with Gasteiger partial charge in [-0.25, -0.2) is 9.78 Å². The Morgan fingerprint density at radius 1 is 0.900 bits per heavy atom. The van der Waals surface area contributed by atoms with Crippen molar-refractivity contribution < 1.29 is 18.0 Å². The highest BCUT2D eigenvalue weighted by molar-refractivity contribution is 8.00. The van der Waals surface area contributed by atoms with E-state index in [9.17, 15) is 18.0 Å². The number of fused-ring (bicyclic) bond motifs is 1. The number of benzene rings is 2. The minimum atomic E-state index is -4.35. The highest BCUT2D eigenvalue weighted by Crippen LogP contribution is 2.37. The van der Waals surface area contributed by atoms with E-state index in [4.69, 9.17) is 0 Å². The second kappa shape index (κ2) is 8.11. The van der Waals surface area contributed by atoms with Crippen molar-refractivity contribution >= 4 is 34.8 Å². The summed E-state index contributed by atoms with van der Waals surface area (Å²) in [5.41, 5.74) is -0.823. The van der Waals surface area contributed by atoms with E-state index in [1.807, 2.05) is 47.1 Å². The predicted octanol–water partition coefficient (Wildman–Crippen LogP) is 6.26. The number of hydrogen-bond acceptors (Lipinski definition) is 3. The average molecular weight is 428 g/mol. The molecule has 4 aromatic rings. The molecule has 0 saturated heterocycles. The number of nitrogens with one attached hydrogen (secondary N) is 2.